The third-order valence-electron chi connectivity index (χ3n) is 5.20. The van der Waals surface area contributed by atoms with Gasteiger partial charge in [-0.05, 0) is 66.4 Å². The van der Waals surface area contributed by atoms with E-state index >= 15 is 0 Å². The first-order chi connectivity index (χ1) is 14.7. The molecule has 0 radical (unpaired) electrons. The van der Waals surface area contributed by atoms with Crippen molar-refractivity contribution in [2.24, 2.45) is 0 Å². The highest BCUT2D eigenvalue weighted by molar-refractivity contribution is 6.40. The van der Waals surface area contributed by atoms with Gasteiger partial charge in [-0.3, -0.25) is 9.78 Å². The average molecular weight is 473 g/mol. The predicted molar refractivity (Wildman–Crippen MR) is 123 cm³/mol. The van der Waals surface area contributed by atoms with Gasteiger partial charge in [0.25, 0.3) is 0 Å². The number of carbonyl (C=O) groups excluding carboxylic acids is 2. The zero-order valence-corrected chi connectivity index (χ0v) is 18.9. The summed E-state index contributed by atoms with van der Waals surface area (Å²) in [4.78, 5) is 29.8. The lowest BCUT2D eigenvalue weighted by Crippen LogP contribution is -2.11. The molecule has 7 heteroatoms. The van der Waals surface area contributed by atoms with Crippen molar-refractivity contribution in [3.8, 4) is 5.75 Å². The molecule has 0 saturated heterocycles. The van der Waals surface area contributed by atoms with Crippen LogP contribution in [0.3, 0.4) is 0 Å². The topological polar surface area (TPSA) is 56.3 Å². The van der Waals surface area contributed by atoms with Crippen molar-refractivity contribution >= 4 is 52.6 Å². The molecular formula is C24H16Cl3NO3. The predicted octanol–water partition coefficient (Wildman–Crippen LogP) is 6.70. The number of Topliss-reactive ketones (excluding diaryl/α,β-unsaturated/α-hetero) is 1. The summed E-state index contributed by atoms with van der Waals surface area (Å²) >= 11 is 18.2. The minimum Gasteiger partial charge on any atom is -0.420 e. The van der Waals surface area contributed by atoms with E-state index < -0.39 is 5.97 Å². The molecule has 0 atom stereocenters. The van der Waals surface area contributed by atoms with Gasteiger partial charge in [-0.2, -0.15) is 0 Å². The van der Waals surface area contributed by atoms with Gasteiger partial charge in [-0.15, -0.1) is 0 Å². The van der Waals surface area contributed by atoms with E-state index in [4.69, 9.17) is 39.5 Å². The molecule has 1 aliphatic carbocycles. The van der Waals surface area contributed by atoms with E-state index in [1.165, 1.54) is 18.3 Å². The van der Waals surface area contributed by atoms with E-state index in [1.54, 1.807) is 18.3 Å². The van der Waals surface area contributed by atoms with Crippen molar-refractivity contribution in [1.29, 1.82) is 0 Å². The fourth-order valence-electron chi connectivity index (χ4n) is 3.47. The smallest absolute Gasteiger partial charge is 0.345 e. The van der Waals surface area contributed by atoms with E-state index in [1.807, 2.05) is 26.0 Å². The first-order valence-electron chi connectivity index (χ1n) is 9.40. The lowest BCUT2D eigenvalue weighted by Gasteiger charge is -2.10. The Morgan fingerprint density at radius 3 is 2.45 bits per heavy atom. The van der Waals surface area contributed by atoms with E-state index in [0.29, 0.717) is 28.1 Å². The molecule has 3 aromatic rings. The number of pyridine rings is 1. The number of fused-ring (bicyclic) bond motifs is 1. The highest BCUT2D eigenvalue weighted by Crippen LogP contribution is 2.36. The number of esters is 1. The van der Waals surface area contributed by atoms with E-state index in [0.717, 1.165) is 16.7 Å². The van der Waals surface area contributed by atoms with Crippen LogP contribution in [0.15, 0.2) is 48.3 Å². The zero-order chi connectivity index (χ0) is 22.3. The largest absolute Gasteiger partial charge is 0.420 e. The molecule has 0 fully saturated rings. The Bertz CT molecular complexity index is 1260. The van der Waals surface area contributed by atoms with Crippen LogP contribution in [0.5, 0.6) is 5.75 Å². The van der Waals surface area contributed by atoms with Crippen LogP contribution in [0, 0.1) is 13.8 Å². The summed E-state index contributed by atoms with van der Waals surface area (Å²) in [7, 11) is 0. The summed E-state index contributed by atoms with van der Waals surface area (Å²) in [5, 5.41) is 0.551. The van der Waals surface area contributed by atoms with Gasteiger partial charge >= 0.3 is 5.97 Å². The van der Waals surface area contributed by atoms with Crippen molar-refractivity contribution in [1.82, 2.24) is 4.98 Å². The summed E-state index contributed by atoms with van der Waals surface area (Å²) in [5.74, 6) is -0.728. The second-order valence-corrected chi connectivity index (χ2v) is 8.57. The molecule has 0 amide bonds. The highest BCUT2D eigenvalue weighted by Gasteiger charge is 2.26. The summed E-state index contributed by atoms with van der Waals surface area (Å²) in [6, 6.07) is 8.47. The maximum absolute atomic E-state index is 12.9. The number of aromatic nitrogens is 1. The quantitative estimate of drug-likeness (QED) is 0.242. The number of benzene rings is 2. The molecule has 31 heavy (non-hydrogen) atoms. The molecule has 1 heterocycles. The Kier molecular flexibility index (Phi) is 5.89. The SMILES string of the molecule is Cc1cc2c(cc1C)C(=O)/C(=C/c1ccncc1C(=O)Oc1c(Cl)cc(Cl)cc1Cl)C2. The number of aryl methyl sites for hydroxylation is 2. The molecule has 1 aromatic heterocycles. The van der Waals surface area contributed by atoms with Gasteiger partial charge in [0.2, 0.25) is 0 Å². The Hall–Kier alpha value is -2.66. The molecule has 2 aromatic carbocycles. The second kappa shape index (κ2) is 8.46. The maximum atomic E-state index is 12.9. The molecule has 0 N–H and O–H groups in total. The van der Waals surface area contributed by atoms with E-state index in [9.17, 15) is 9.59 Å². The molecule has 4 rings (SSSR count). The van der Waals surface area contributed by atoms with Crippen molar-refractivity contribution in [3.05, 3.63) is 96.7 Å². The normalized spacial score (nSPS) is 14.1. The van der Waals surface area contributed by atoms with Crippen molar-refractivity contribution in [2.75, 3.05) is 0 Å². The van der Waals surface area contributed by atoms with Crippen LogP contribution < -0.4 is 4.74 Å². The van der Waals surface area contributed by atoms with E-state index in [2.05, 4.69) is 4.98 Å². The molecular weight excluding hydrogens is 457 g/mol. The standard InChI is InChI=1S/C24H16Cl3NO3/c1-12-5-15-8-16(22(29)18(15)6-13(12)2)7-14-3-4-28-11-19(14)24(30)31-23-20(26)9-17(25)10-21(23)27/h3-7,9-11H,8H2,1-2H3/b16-7+. The molecule has 1 aliphatic rings. The summed E-state index contributed by atoms with van der Waals surface area (Å²) in [6.07, 6.45) is 5.14. The van der Waals surface area contributed by atoms with Crippen molar-refractivity contribution in [2.45, 2.75) is 20.3 Å². The van der Waals surface area contributed by atoms with Gasteiger partial charge in [0, 0.05) is 35.0 Å². The average Bonchev–Trinajstić information content (AvgIpc) is 3.00. The summed E-state index contributed by atoms with van der Waals surface area (Å²) < 4.78 is 5.43. The van der Waals surface area contributed by atoms with Crippen LogP contribution >= 0.6 is 34.8 Å². The van der Waals surface area contributed by atoms with Gasteiger partial charge in [0.05, 0.1) is 15.6 Å². The first-order valence-corrected chi connectivity index (χ1v) is 10.5. The van der Waals surface area contributed by atoms with Gasteiger partial charge in [-0.25, -0.2) is 4.79 Å². The molecule has 0 unspecified atom stereocenters. The molecule has 4 nitrogen and oxygen atoms in total. The third kappa shape index (κ3) is 4.24. The molecule has 0 saturated carbocycles. The minimum atomic E-state index is -0.694. The van der Waals surface area contributed by atoms with Gasteiger partial charge in [-0.1, -0.05) is 40.9 Å². The van der Waals surface area contributed by atoms with Gasteiger partial charge < -0.3 is 4.74 Å². The molecule has 0 bridgehead atoms. The van der Waals surface area contributed by atoms with Crippen LogP contribution in [-0.2, 0) is 6.42 Å². The first kappa shape index (κ1) is 21.6. The summed E-state index contributed by atoms with van der Waals surface area (Å²) in [6.45, 7) is 4.00. The number of hydrogen-bond donors (Lipinski definition) is 0. The van der Waals surface area contributed by atoms with Crippen LogP contribution in [0.4, 0.5) is 0 Å². The van der Waals surface area contributed by atoms with Crippen molar-refractivity contribution < 1.29 is 14.3 Å². The number of ketones is 1. The lowest BCUT2D eigenvalue weighted by molar-refractivity contribution is 0.0734. The second-order valence-electron chi connectivity index (χ2n) is 7.32. The Balaban J connectivity index is 1.67. The van der Waals surface area contributed by atoms with Crippen LogP contribution in [-0.4, -0.2) is 16.7 Å². The fraction of sp³-hybridized carbons (Fsp3) is 0.125. The van der Waals surface area contributed by atoms with E-state index in [-0.39, 0.29) is 27.1 Å². The zero-order valence-electron chi connectivity index (χ0n) is 16.6. The lowest BCUT2D eigenvalue weighted by atomic mass is 10.0. The van der Waals surface area contributed by atoms with Crippen LogP contribution in [0.2, 0.25) is 15.1 Å². The summed E-state index contributed by atoms with van der Waals surface area (Å²) in [5.41, 5.74) is 5.20. The Morgan fingerprint density at radius 2 is 1.74 bits per heavy atom. The minimum absolute atomic E-state index is 0.00971. The number of carbonyl (C=O) groups is 2. The monoisotopic (exact) mass is 471 g/mol. The Labute approximate surface area is 194 Å². The van der Waals surface area contributed by atoms with Crippen molar-refractivity contribution in [3.63, 3.8) is 0 Å². The molecule has 0 spiro atoms. The number of allylic oxidation sites excluding steroid dienone is 1. The fourth-order valence-corrected chi connectivity index (χ4v) is 4.37. The highest BCUT2D eigenvalue weighted by atomic mass is 35.5. The number of hydrogen-bond acceptors (Lipinski definition) is 4. The molecule has 0 aliphatic heterocycles. The van der Waals surface area contributed by atoms with Gasteiger partial charge in [0.1, 0.15) is 0 Å². The van der Waals surface area contributed by atoms with Gasteiger partial charge in [0.15, 0.2) is 11.5 Å². The third-order valence-corrected chi connectivity index (χ3v) is 5.98. The Morgan fingerprint density at radius 1 is 1.06 bits per heavy atom. The number of rotatable bonds is 3. The number of ether oxygens (including phenoxy) is 1. The number of nitrogens with zero attached hydrogens (tertiary/aromatic N) is 1. The maximum Gasteiger partial charge on any atom is 0.345 e. The van der Waals surface area contributed by atoms with Crippen LogP contribution in [0.25, 0.3) is 6.08 Å². The van der Waals surface area contributed by atoms with Crippen LogP contribution in [0.1, 0.15) is 43.0 Å². The number of halogens is 3. The molecule has 156 valence electrons.